The molecule has 1 fully saturated rings. The van der Waals surface area contributed by atoms with Crippen LogP contribution in [-0.2, 0) is 4.79 Å². The maximum atomic E-state index is 11.9. The number of rotatable bonds is 4. The first kappa shape index (κ1) is 19.9. The van der Waals surface area contributed by atoms with Crippen molar-refractivity contribution in [2.75, 3.05) is 13.1 Å². The number of nitrogens with zero attached hydrogens (tertiary/aromatic N) is 2. The summed E-state index contributed by atoms with van der Waals surface area (Å²) in [6, 6.07) is 16.7. The molecule has 0 bridgehead atoms. The Morgan fingerprint density at radius 2 is 1.83 bits per heavy atom. The third-order valence-electron chi connectivity index (χ3n) is 6.36. The van der Waals surface area contributed by atoms with Crippen LogP contribution in [0.25, 0.3) is 22.0 Å². The van der Waals surface area contributed by atoms with Gasteiger partial charge >= 0.3 is 0 Å². The second kappa shape index (κ2) is 8.54. The van der Waals surface area contributed by atoms with Gasteiger partial charge in [0.05, 0.1) is 10.5 Å². The fourth-order valence-electron chi connectivity index (χ4n) is 4.42. The van der Waals surface area contributed by atoms with Gasteiger partial charge in [-0.3, -0.25) is 9.78 Å². The summed E-state index contributed by atoms with van der Waals surface area (Å²) in [5.41, 5.74) is 4.32. The van der Waals surface area contributed by atoms with Crippen molar-refractivity contribution < 1.29 is 4.79 Å². The normalized spacial score (nSPS) is 16.2. The van der Waals surface area contributed by atoms with Gasteiger partial charge in [-0.15, -0.1) is 0 Å². The van der Waals surface area contributed by atoms with Gasteiger partial charge in [-0.2, -0.15) is 0 Å². The zero-order valence-corrected chi connectivity index (χ0v) is 17.8. The summed E-state index contributed by atoms with van der Waals surface area (Å²) < 4.78 is 0. The molecule has 4 rings (SSSR count). The van der Waals surface area contributed by atoms with Crippen LogP contribution in [-0.4, -0.2) is 28.9 Å². The van der Waals surface area contributed by atoms with Gasteiger partial charge < -0.3 is 4.90 Å². The van der Waals surface area contributed by atoms with E-state index in [9.17, 15) is 4.79 Å². The quantitative estimate of drug-likeness (QED) is 0.508. The number of fused-ring (bicyclic) bond motifs is 1. The van der Waals surface area contributed by atoms with Crippen LogP contribution in [0.15, 0.2) is 54.7 Å². The molecule has 3 aromatic rings. The monoisotopic (exact) mass is 406 g/mol. The smallest absolute Gasteiger partial charge is 0.222 e. The topological polar surface area (TPSA) is 33.2 Å². The first-order valence-corrected chi connectivity index (χ1v) is 10.9. The van der Waals surface area contributed by atoms with Gasteiger partial charge in [-0.1, -0.05) is 67.9 Å². The molecule has 1 unspecified atom stereocenters. The number of amides is 1. The largest absolute Gasteiger partial charge is 0.343 e. The van der Waals surface area contributed by atoms with Crippen LogP contribution in [0, 0.1) is 5.92 Å². The van der Waals surface area contributed by atoms with Crippen LogP contribution < -0.4 is 0 Å². The Labute approximate surface area is 177 Å². The van der Waals surface area contributed by atoms with Crippen LogP contribution in [0.5, 0.6) is 0 Å². The summed E-state index contributed by atoms with van der Waals surface area (Å²) in [6.45, 7) is 6.02. The highest BCUT2D eigenvalue weighted by atomic mass is 35.5. The van der Waals surface area contributed by atoms with Crippen molar-refractivity contribution in [3.05, 3.63) is 65.3 Å². The van der Waals surface area contributed by atoms with Crippen LogP contribution in [0.3, 0.4) is 0 Å². The van der Waals surface area contributed by atoms with Crippen LogP contribution >= 0.6 is 11.6 Å². The molecule has 0 radical (unpaired) electrons. The Bertz CT molecular complexity index is 1010. The number of aromatic nitrogens is 1. The standard InChI is InChI=1S/C25H27ClN2O/c1-3-24(29)28-14-12-19(13-15-28)17(2)18-8-10-20(11-9-18)22-16-27-23-7-5-4-6-21(23)25(22)26/h4-11,16-17,19H,3,12-15H2,1-2H3. The molecule has 4 heteroatoms. The second-order valence-corrected chi connectivity index (χ2v) is 8.36. The number of likely N-dealkylation sites (tertiary alicyclic amines) is 1. The highest BCUT2D eigenvalue weighted by Gasteiger charge is 2.26. The molecule has 1 aliphatic rings. The first-order valence-electron chi connectivity index (χ1n) is 10.5. The molecule has 0 spiro atoms. The molecule has 150 valence electrons. The van der Waals surface area contributed by atoms with E-state index >= 15 is 0 Å². The van der Waals surface area contributed by atoms with E-state index in [1.165, 1.54) is 5.56 Å². The predicted octanol–water partition coefficient (Wildman–Crippen LogP) is 6.31. The number of carbonyl (C=O) groups is 1. The van der Waals surface area contributed by atoms with Crippen molar-refractivity contribution in [1.29, 1.82) is 0 Å². The van der Waals surface area contributed by atoms with E-state index in [2.05, 4.69) is 36.2 Å². The van der Waals surface area contributed by atoms with Gasteiger partial charge in [0.1, 0.15) is 0 Å². The van der Waals surface area contributed by atoms with Gasteiger partial charge in [0, 0.05) is 36.7 Å². The lowest BCUT2D eigenvalue weighted by Gasteiger charge is -2.35. The molecule has 2 aromatic carbocycles. The van der Waals surface area contributed by atoms with E-state index in [0.717, 1.165) is 53.0 Å². The fourth-order valence-corrected chi connectivity index (χ4v) is 4.74. The molecule has 1 amide bonds. The molecule has 1 aromatic heterocycles. The highest BCUT2D eigenvalue weighted by molar-refractivity contribution is 6.38. The van der Waals surface area contributed by atoms with Gasteiger partial charge in [0.25, 0.3) is 0 Å². The van der Waals surface area contributed by atoms with E-state index < -0.39 is 0 Å². The predicted molar refractivity (Wildman–Crippen MR) is 120 cm³/mol. The zero-order chi connectivity index (χ0) is 20.4. The number of hydrogen-bond donors (Lipinski definition) is 0. The Morgan fingerprint density at radius 1 is 1.14 bits per heavy atom. The van der Waals surface area contributed by atoms with E-state index in [0.29, 0.717) is 18.3 Å². The molecule has 1 aliphatic heterocycles. The minimum Gasteiger partial charge on any atom is -0.343 e. The van der Waals surface area contributed by atoms with Crippen LogP contribution in [0.1, 0.15) is 44.6 Å². The number of para-hydroxylation sites is 1. The first-order chi connectivity index (χ1) is 14.1. The second-order valence-electron chi connectivity index (χ2n) is 7.99. The third-order valence-corrected chi connectivity index (χ3v) is 6.77. The molecule has 0 saturated carbocycles. The molecule has 29 heavy (non-hydrogen) atoms. The van der Waals surface area contributed by atoms with Gasteiger partial charge in [-0.05, 0) is 41.9 Å². The summed E-state index contributed by atoms with van der Waals surface area (Å²) in [5.74, 6) is 1.38. The average molecular weight is 407 g/mol. The lowest BCUT2D eigenvalue weighted by molar-refractivity contribution is -0.132. The molecule has 1 atom stereocenters. The van der Waals surface area contributed by atoms with Crippen LogP contribution in [0.4, 0.5) is 0 Å². The van der Waals surface area contributed by atoms with Crippen molar-refractivity contribution in [3.63, 3.8) is 0 Å². The lowest BCUT2D eigenvalue weighted by Crippen LogP contribution is -2.39. The summed E-state index contributed by atoms with van der Waals surface area (Å²) in [7, 11) is 0. The molecular formula is C25H27ClN2O. The Hall–Kier alpha value is -2.39. The summed E-state index contributed by atoms with van der Waals surface area (Å²) in [6.07, 6.45) is 4.63. The lowest BCUT2D eigenvalue weighted by atomic mass is 9.81. The van der Waals surface area contributed by atoms with Crippen molar-refractivity contribution in [3.8, 4) is 11.1 Å². The Balaban J connectivity index is 1.50. The maximum absolute atomic E-state index is 11.9. The van der Waals surface area contributed by atoms with Gasteiger partial charge in [0.15, 0.2) is 0 Å². The Morgan fingerprint density at radius 3 is 2.52 bits per heavy atom. The minimum atomic E-state index is 0.279. The molecular weight excluding hydrogens is 380 g/mol. The van der Waals surface area contributed by atoms with Gasteiger partial charge in [0.2, 0.25) is 5.91 Å². The average Bonchev–Trinajstić information content (AvgIpc) is 2.79. The molecule has 2 heterocycles. The SMILES string of the molecule is CCC(=O)N1CCC(C(C)c2ccc(-c3cnc4ccccc4c3Cl)cc2)CC1. The fraction of sp³-hybridized carbons (Fsp3) is 0.360. The summed E-state index contributed by atoms with van der Waals surface area (Å²) in [5, 5.41) is 1.74. The molecule has 3 nitrogen and oxygen atoms in total. The van der Waals surface area contributed by atoms with E-state index in [4.69, 9.17) is 11.6 Å². The van der Waals surface area contributed by atoms with Crippen molar-refractivity contribution in [2.24, 2.45) is 5.92 Å². The number of halogens is 1. The zero-order valence-electron chi connectivity index (χ0n) is 17.1. The van der Waals surface area contributed by atoms with E-state index in [-0.39, 0.29) is 5.91 Å². The number of carbonyl (C=O) groups excluding carboxylic acids is 1. The van der Waals surface area contributed by atoms with Crippen LogP contribution in [0.2, 0.25) is 5.02 Å². The summed E-state index contributed by atoms with van der Waals surface area (Å²) >= 11 is 6.68. The molecule has 0 aliphatic carbocycles. The minimum absolute atomic E-state index is 0.279. The van der Waals surface area contributed by atoms with Crippen molar-refractivity contribution in [2.45, 2.75) is 39.0 Å². The van der Waals surface area contributed by atoms with Gasteiger partial charge in [-0.25, -0.2) is 0 Å². The maximum Gasteiger partial charge on any atom is 0.222 e. The third kappa shape index (κ3) is 4.02. The molecule has 1 saturated heterocycles. The number of hydrogen-bond acceptors (Lipinski definition) is 2. The summed E-state index contributed by atoms with van der Waals surface area (Å²) in [4.78, 5) is 18.5. The van der Waals surface area contributed by atoms with Crippen molar-refractivity contribution >= 4 is 28.4 Å². The number of pyridine rings is 1. The van der Waals surface area contributed by atoms with E-state index in [1.807, 2.05) is 42.3 Å². The molecule has 0 N–H and O–H groups in total. The van der Waals surface area contributed by atoms with Crippen molar-refractivity contribution in [1.82, 2.24) is 9.88 Å². The number of benzene rings is 2. The highest BCUT2D eigenvalue weighted by Crippen LogP contribution is 2.36. The number of piperidine rings is 1. The van der Waals surface area contributed by atoms with E-state index in [1.54, 1.807) is 0 Å². The Kier molecular flexibility index (Phi) is 5.86.